The summed E-state index contributed by atoms with van der Waals surface area (Å²) in [5.74, 6) is -0.736. The van der Waals surface area contributed by atoms with E-state index in [2.05, 4.69) is 5.32 Å². The van der Waals surface area contributed by atoms with Crippen molar-refractivity contribution in [2.75, 3.05) is 0 Å². The minimum atomic E-state index is -0.737. The van der Waals surface area contributed by atoms with Crippen molar-refractivity contribution in [1.82, 2.24) is 5.32 Å². The molecule has 2 N–H and O–H groups in total. The van der Waals surface area contributed by atoms with Gasteiger partial charge in [-0.1, -0.05) is 18.2 Å². The first-order chi connectivity index (χ1) is 8.09. The average Bonchev–Trinajstić information content (AvgIpc) is 3.07. The van der Waals surface area contributed by atoms with E-state index in [9.17, 15) is 20.0 Å². The summed E-state index contributed by atoms with van der Waals surface area (Å²) in [4.78, 5) is 21.5. The topological polar surface area (TPSA) is 92.5 Å². The van der Waals surface area contributed by atoms with Gasteiger partial charge in [0.2, 0.25) is 11.9 Å². The fourth-order valence-electron chi connectivity index (χ4n) is 1.67. The molecule has 0 radical (unpaired) electrons. The number of para-hydroxylation sites is 1. The molecular formula is C11H12N2O4. The Hall–Kier alpha value is -2.11. The van der Waals surface area contributed by atoms with Crippen molar-refractivity contribution in [3.05, 3.63) is 39.9 Å². The highest BCUT2D eigenvalue weighted by Crippen LogP contribution is 2.33. The maximum atomic E-state index is 11.5. The van der Waals surface area contributed by atoms with E-state index in [-0.39, 0.29) is 18.2 Å². The zero-order chi connectivity index (χ0) is 12.4. The maximum Gasteiger partial charge on any atom is 0.230 e. The van der Waals surface area contributed by atoms with Crippen LogP contribution < -0.4 is 5.32 Å². The van der Waals surface area contributed by atoms with Gasteiger partial charge in [0.05, 0.1) is 0 Å². The first-order valence-corrected chi connectivity index (χ1v) is 5.27. The quantitative estimate of drug-likeness (QED) is 0.593. The molecule has 90 valence electrons. The van der Waals surface area contributed by atoms with Gasteiger partial charge in [-0.2, -0.15) is 0 Å². The maximum absolute atomic E-state index is 11.5. The number of nitrogens with zero attached hydrogens (tertiary/aromatic N) is 1. The minimum absolute atomic E-state index is 0.106. The molecule has 1 saturated carbocycles. The lowest BCUT2D eigenvalue weighted by Gasteiger charge is -2.05. The molecule has 17 heavy (non-hydrogen) atoms. The molecule has 6 heteroatoms. The molecule has 1 aromatic rings. The van der Waals surface area contributed by atoms with Crippen molar-refractivity contribution < 1.29 is 14.8 Å². The fourth-order valence-corrected chi connectivity index (χ4v) is 1.67. The van der Waals surface area contributed by atoms with Crippen LogP contribution in [0.3, 0.4) is 0 Å². The first kappa shape index (κ1) is 11.4. The minimum Gasteiger partial charge on any atom is -0.508 e. The number of aromatic hydroxyl groups is 1. The summed E-state index contributed by atoms with van der Waals surface area (Å²) >= 11 is 0. The summed E-state index contributed by atoms with van der Waals surface area (Å²) in [6.45, 7) is 0.187. The number of phenolic OH excluding ortho intramolecular Hbond substituents is 1. The summed E-state index contributed by atoms with van der Waals surface area (Å²) < 4.78 is 0. The van der Waals surface area contributed by atoms with Crippen molar-refractivity contribution >= 4 is 5.91 Å². The lowest BCUT2D eigenvalue weighted by atomic mass is 10.2. The van der Waals surface area contributed by atoms with Gasteiger partial charge < -0.3 is 10.4 Å². The highest BCUT2D eigenvalue weighted by Gasteiger charge is 2.53. The van der Waals surface area contributed by atoms with E-state index in [0.717, 1.165) is 0 Å². The van der Waals surface area contributed by atoms with Crippen molar-refractivity contribution in [2.45, 2.75) is 19.0 Å². The van der Waals surface area contributed by atoms with Crippen LogP contribution in [0.1, 0.15) is 12.0 Å². The number of phenols is 1. The van der Waals surface area contributed by atoms with Crippen molar-refractivity contribution in [3.63, 3.8) is 0 Å². The van der Waals surface area contributed by atoms with Crippen molar-refractivity contribution in [3.8, 4) is 5.75 Å². The largest absolute Gasteiger partial charge is 0.508 e. The van der Waals surface area contributed by atoms with Gasteiger partial charge in [0.15, 0.2) is 0 Å². The molecule has 2 unspecified atom stereocenters. The number of nitrogens with one attached hydrogen (secondary N) is 1. The van der Waals surface area contributed by atoms with E-state index in [1.807, 2.05) is 0 Å². The third-order valence-corrected chi connectivity index (χ3v) is 2.81. The van der Waals surface area contributed by atoms with Gasteiger partial charge in [0.1, 0.15) is 11.7 Å². The van der Waals surface area contributed by atoms with E-state index < -0.39 is 16.9 Å². The Bertz CT molecular complexity index is 461. The number of carbonyl (C=O) groups excluding carboxylic acids is 1. The second-order valence-electron chi connectivity index (χ2n) is 4.04. The smallest absolute Gasteiger partial charge is 0.230 e. The zero-order valence-electron chi connectivity index (χ0n) is 9.00. The fraction of sp³-hybridized carbons (Fsp3) is 0.364. The molecule has 0 aliphatic heterocycles. The van der Waals surface area contributed by atoms with Gasteiger partial charge in [-0.25, -0.2) is 0 Å². The number of rotatable bonds is 4. The van der Waals surface area contributed by atoms with Gasteiger partial charge in [-0.3, -0.25) is 14.9 Å². The highest BCUT2D eigenvalue weighted by atomic mass is 16.6. The Balaban J connectivity index is 1.86. The SMILES string of the molecule is O=C(NCc1ccccc1O)C1CC1[N+](=O)[O-]. The van der Waals surface area contributed by atoms with E-state index in [4.69, 9.17) is 0 Å². The molecule has 2 atom stereocenters. The molecular weight excluding hydrogens is 224 g/mol. The molecule has 0 aromatic heterocycles. The van der Waals surface area contributed by atoms with E-state index in [1.165, 1.54) is 6.07 Å². The highest BCUT2D eigenvalue weighted by molar-refractivity contribution is 5.82. The molecule has 1 amide bonds. The Morgan fingerprint density at radius 3 is 2.82 bits per heavy atom. The molecule has 1 fully saturated rings. The number of benzene rings is 1. The second-order valence-corrected chi connectivity index (χ2v) is 4.04. The Kier molecular flexibility index (Phi) is 2.95. The molecule has 0 bridgehead atoms. The van der Waals surface area contributed by atoms with Crippen LogP contribution in [-0.2, 0) is 11.3 Å². The summed E-state index contributed by atoms with van der Waals surface area (Å²) in [6.07, 6.45) is 0.305. The van der Waals surface area contributed by atoms with Gasteiger partial charge >= 0.3 is 0 Å². The monoisotopic (exact) mass is 236 g/mol. The molecule has 1 aliphatic rings. The first-order valence-electron chi connectivity index (χ1n) is 5.27. The summed E-state index contributed by atoms with van der Waals surface area (Å²) in [6, 6.07) is 5.91. The predicted molar refractivity (Wildman–Crippen MR) is 58.8 cm³/mol. The van der Waals surface area contributed by atoms with Crippen LogP contribution >= 0.6 is 0 Å². The Labute approximate surface area is 97.4 Å². The van der Waals surface area contributed by atoms with Crippen LogP contribution in [0.5, 0.6) is 5.75 Å². The van der Waals surface area contributed by atoms with Crippen LogP contribution in [0.25, 0.3) is 0 Å². The average molecular weight is 236 g/mol. The zero-order valence-corrected chi connectivity index (χ0v) is 9.00. The standard InChI is InChI=1S/C11H12N2O4/c14-10-4-2-1-3-7(10)6-12-11(15)8-5-9(8)13(16)17/h1-4,8-9,14H,5-6H2,(H,12,15). The third kappa shape index (κ3) is 2.52. The van der Waals surface area contributed by atoms with Gasteiger partial charge in [-0.05, 0) is 6.07 Å². The molecule has 0 saturated heterocycles. The van der Waals surface area contributed by atoms with Gasteiger partial charge in [0, 0.05) is 23.5 Å². The van der Waals surface area contributed by atoms with Crippen LogP contribution in [0.4, 0.5) is 0 Å². The lowest BCUT2D eigenvalue weighted by Crippen LogP contribution is -2.26. The number of carbonyl (C=O) groups is 1. The van der Waals surface area contributed by atoms with E-state index in [1.54, 1.807) is 18.2 Å². The molecule has 6 nitrogen and oxygen atoms in total. The Morgan fingerprint density at radius 1 is 1.53 bits per heavy atom. The second kappa shape index (κ2) is 4.40. The van der Waals surface area contributed by atoms with Crippen LogP contribution in [0.15, 0.2) is 24.3 Å². The van der Waals surface area contributed by atoms with Crippen LogP contribution in [0.2, 0.25) is 0 Å². The summed E-state index contributed by atoms with van der Waals surface area (Å²) in [7, 11) is 0. The predicted octanol–water partition coefficient (Wildman–Crippen LogP) is 0.674. The molecule has 0 spiro atoms. The lowest BCUT2D eigenvalue weighted by molar-refractivity contribution is -0.497. The number of nitro groups is 1. The van der Waals surface area contributed by atoms with Crippen molar-refractivity contribution in [2.24, 2.45) is 5.92 Å². The summed E-state index contributed by atoms with van der Waals surface area (Å²) in [5, 5.41) is 22.4. The third-order valence-electron chi connectivity index (χ3n) is 2.81. The molecule has 2 rings (SSSR count). The number of hydrogen-bond acceptors (Lipinski definition) is 4. The number of amides is 1. The van der Waals surface area contributed by atoms with Crippen LogP contribution in [-0.4, -0.2) is 22.0 Å². The normalized spacial score (nSPS) is 21.9. The van der Waals surface area contributed by atoms with Gasteiger partial charge in [0.25, 0.3) is 0 Å². The van der Waals surface area contributed by atoms with Gasteiger partial charge in [-0.15, -0.1) is 0 Å². The Morgan fingerprint density at radius 2 is 2.24 bits per heavy atom. The molecule has 1 aliphatic carbocycles. The van der Waals surface area contributed by atoms with Crippen molar-refractivity contribution in [1.29, 1.82) is 0 Å². The van der Waals surface area contributed by atoms with E-state index >= 15 is 0 Å². The number of hydrogen-bond donors (Lipinski definition) is 2. The molecule has 0 heterocycles. The molecule has 1 aromatic carbocycles. The summed E-state index contributed by atoms with van der Waals surface area (Å²) in [5.41, 5.74) is 0.596. The van der Waals surface area contributed by atoms with Crippen LogP contribution in [0, 0.1) is 16.0 Å². The van der Waals surface area contributed by atoms with E-state index in [0.29, 0.717) is 12.0 Å².